The molecule has 0 bridgehead atoms. The van der Waals surface area contributed by atoms with Gasteiger partial charge in [-0.2, -0.15) is 0 Å². The fourth-order valence-electron chi connectivity index (χ4n) is 1.14. The van der Waals surface area contributed by atoms with Crippen LogP contribution in [0.4, 0.5) is 4.39 Å². The molecule has 52 valence electrons. The van der Waals surface area contributed by atoms with Gasteiger partial charge in [0.25, 0.3) is 0 Å². The Morgan fingerprint density at radius 3 is 2.67 bits per heavy atom. The highest BCUT2D eigenvalue weighted by Crippen LogP contribution is 2.17. The van der Waals surface area contributed by atoms with E-state index in [1.807, 2.05) is 6.92 Å². The molecule has 0 aromatic carbocycles. The van der Waals surface area contributed by atoms with Gasteiger partial charge in [0.2, 0.25) is 6.41 Å². The van der Waals surface area contributed by atoms with Gasteiger partial charge in [-0.15, -0.1) is 0 Å². The maximum absolute atomic E-state index is 12.4. The summed E-state index contributed by atoms with van der Waals surface area (Å²) in [5.74, 6) is 0. The number of rotatable bonds is 1. The number of carbonyl (C=O) groups excluding carboxylic acids is 1. The van der Waals surface area contributed by atoms with Crippen LogP contribution in [0, 0.1) is 0 Å². The van der Waals surface area contributed by atoms with E-state index in [1.54, 1.807) is 0 Å². The molecular formula is C6H10FNO. The van der Waals surface area contributed by atoms with Gasteiger partial charge in [0.05, 0.1) is 6.54 Å². The molecule has 0 aromatic rings. The van der Waals surface area contributed by atoms with Gasteiger partial charge in [0, 0.05) is 12.5 Å². The molecule has 0 aliphatic carbocycles. The van der Waals surface area contributed by atoms with Crippen LogP contribution in [0.25, 0.3) is 0 Å². The molecule has 0 spiro atoms. The molecule has 2 unspecified atom stereocenters. The van der Waals surface area contributed by atoms with E-state index in [0.29, 0.717) is 12.8 Å². The Balaban J connectivity index is 2.47. The van der Waals surface area contributed by atoms with Crippen LogP contribution in [0.5, 0.6) is 0 Å². The third-order valence-corrected chi connectivity index (χ3v) is 1.71. The molecule has 0 N–H and O–H groups in total. The van der Waals surface area contributed by atoms with Crippen LogP contribution in [-0.2, 0) is 4.79 Å². The Morgan fingerprint density at radius 2 is 2.44 bits per heavy atom. The topological polar surface area (TPSA) is 20.3 Å². The molecule has 3 heteroatoms. The summed E-state index contributed by atoms with van der Waals surface area (Å²) in [5, 5.41) is 0. The fraction of sp³-hybridized carbons (Fsp3) is 0.833. The number of halogens is 1. The van der Waals surface area contributed by atoms with Gasteiger partial charge in [-0.05, 0) is 6.92 Å². The zero-order chi connectivity index (χ0) is 6.85. The molecule has 1 fully saturated rings. The lowest BCUT2D eigenvalue weighted by Gasteiger charge is -2.12. The summed E-state index contributed by atoms with van der Waals surface area (Å²) < 4.78 is 12.4. The average Bonchev–Trinajstić information content (AvgIpc) is 2.10. The van der Waals surface area contributed by atoms with Crippen LogP contribution in [-0.4, -0.2) is 30.1 Å². The number of likely N-dealkylation sites (tertiary alicyclic amines) is 1. The number of hydrogen-bond donors (Lipinski definition) is 0. The van der Waals surface area contributed by atoms with Crippen molar-refractivity contribution in [2.75, 3.05) is 6.54 Å². The second kappa shape index (κ2) is 2.33. The maximum atomic E-state index is 12.4. The standard InChI is InChI=1S/C6H10FNO/c1-5-2-6(7)3-8(5)4-9/h4-6H,2-3H2,1H3. The number of alkyl halides is 1. The zero-order valence-corrected chi connectivity index (χ0v) is 5.38. The minimum Gasteiger partial charge on any atom is -0.340 e. The smallest absolute Gasteiger partial charge is 0.210 e. The molecule has 1 rings (SSSR count). The van der Waals surface area contributed by atoms with E-state index < -0.39 is 6.17 Å². The van der Waals surface area contributed by atoms with E-state index in [-0.39, 0.29) is 12.6 Å². The average molecular weight is 131 g/mol. The molecule has 1 heterocycles. The Kier molecular flexibility index (Phi) is 1.69. The van der Waals surface area contributed by atoms with Crippen molar-refractivity contribution in [1.29, 1.82) is 0 Å². The van der Waals surface area contributed by atoms with Gasteiger partial charge in [-0.1, -0.05) is 0 Å². The van der Waals surface area contributed by atoms with E-state index in [4.69, 9.17) is 0 Å². The summed E-state index contributed by atoms with van der Waals surface area (Å²) in [6.07, 6.45) is 0.411. The highest BCUT2D eigenvalue weighted by Gasteiger charge is 2.26. The van der Waals surface area contributed by atoms with Crippen molar-refractivity contribution in [3.8, 4) is 0 Å². The van der Waals surface area contributed by atoms with Crippen LogP contribution in [0.15, 0.2) is 0 Å². The summed E-state index contributed by atoms with van der Waals surface area (Å²) in [7, 11) is 0. The number of amides is 1. The highest BCUT2D eigenvalue weighted by molar-refractivity contribution is 5.48. The molecule has 1 aliphatic heterocycles. The first-order valence-corrected chi connectivity index (χ1v) is 3.09. The molecule has 1 aliphatic rings. The van der Waals surface area contributed by atoms with Gasteiger partial charge < -0.3 is 4.90 Å². The molecular weight excluding hydrogens is 121 g/mol. The molecule has 9 heavy (non-hydrogen) atoms. The van der Waals surface area contributed by atoms with Gasteiger partial charge in [0.15, 0.2) is 0 Å². The Hall–Kier alpha value is -0.600. The Morgan fingerprint density at radius 1 is 1.78 bits per heavy atom. The van der Waals surface area contributed by atoms with Gasteiger partial charge in [-0.25, -0.2) is 4.39 Å². The fourth-order valence-corrected chi connectivity index (χ4v) is 1.14. The second-order valence-electron chi connectivity index (χ2n) is 2.48. The van der Waals surface area contributed by atoms with Gasteiger partial charge in [0.1, 0.15) is 6.17 Å². The first-order valence-electron chi connectivity index (χ1n) is 3.09. The van der Waals surface area contributed by atoms with Crippen molar-refractivity contribution < 1.29 is 9.18 Å². The van der Waals surface area contributed by atoms with Crippen molar-refractivity contribution in [3.63, 3.8) is 0 Å². The summed E-state index contributed by atoms with van der Waals surface area (Å²) in [6, 6.07) is 0.0949. The molecule has 0 aromatic heterocycles. The quantitative estimate of drug-likeness (QED) is 0.476. The van der Waals surface area contributed by atoms with E-state index in [1.165, 1.54) is 4.90 Å². The lowest BCUT2D eigenvalue weighted by atomic mass is 10.2. The first-order chi connectivity index (χ1) is 4.24. The third kappa shape index (κ3) is 1.20. The van der Waals surface area contributed by atoms with E-state index in [9.17, 15) is 9.18 Å². The van der Waals surface area contributed by atoms with E-state index in [2.05, 4.69) is 0 Å². The largest absolute Gasteiger partial charge is 0.340 e. The van der Waals surface area contributed by atoms with E-state index >= 15 is 0 Å². The number of nitrogens with zero attached hydrogens (tertiary/aromatic N) is 1. The van der Waals surface area contributed by atoms with Crippen LogP contribution < -0.4 is 0 Å². The van der Waals surface area contributed by atoms with Crippen LogP contribution in [0.3, 0.4) is 0 Å². The molecule has 1 saturated heterocycles. The maximum Gasteiger partial charge on any atom is 0.210 e. The summed E-state index contributed by atoms with van der Waals surface area (Å²) in [6.45, 7) is 2.14. The van der Waals surface area contributed by atoms with Crippen molar-refractivity contribution in [1.82, 2.24) is 4.90 Å². The summed E-state index contributed by atoms with van der Waals surface area (Å²) in [5.41, 5.74) is 0. The Labute approximate surface area is 53.6 Å². The first kappa shape index (κ1) is 6.52. The number of carbonyl (C=O) groups is 1. The SMILES string of the molecule is CC1CC(F)CN1C=O. The molecule has 0 radical (unpaired) electrons. The number of hydrogen-bond acceptors (Lipinski definition) is 1. The van der Waals surface area contributed by atoms with Crippen molar-refractivity contribution in [2.24, 2.45) is 0 Å². The van der Waals surface area contributed by atoms with Crippen LogP contribution in [0.1, 0.15) is 13.3 Å². The predicted molar refractivity (Wildman–Crippen MR) is 31.7 cm³/mol. The summed E-state index contributed by atoms with van der Waals surface area (Å²) >= 11 is 0. The molecule has 1 amide bonds. The van der Waals surface area contributed by atoms with Crippen LogP contribution in [0.2, 0.25) is 0 Å². The Bertz CT molecular complexity index is 118. The minimum absolute atomic E-state index is 0.0949. The van der Waals surface area contributed by atoms with Crippen molar-refractivity contribution >= 4 is 6.41 Å². The lowest BCUT2D eigenvalue weighted by molar-refractivity contribution is -0.118. The molecule has 2 atom stereocenters. The van der Waals surface area contributed by atoms with Gasteiger partial charge in [-0.3, -0.25) is 4.79 Å². The normalized spacial score (nSPS) is 35.1. The summed E-state index contributed by atoms with van der Waals surface area (Å²) in [4.78, 5) is 11.6. The lowest BCUT2D eigenvalue weighted by Crippen LogP contribution is -2.25. The van der Waals surface area contributed by atoms with Gasteiger partial charge >= 0.3 is 0 Å². The monoisotopic (exact) mass is 131 g/mol. The predicted octanol–water partition coefficient (Wildman–Crippen LogP) is 0.575. The van der Waals surface area contributed by atoms with Crippen molar-refractivity contribution in [2.45, 2.75) is 25.6 Å². The third-order valence-electron chi connectivity index (χ3n) is 1.71. The van der Waals surface area contributed by atoms with E-state index in [0.717, 1.165) is 0 Å². The zero-order valence-electron chi connectivity index (χ0n) is 5.38. The molecule has 0 saturated carbocycles. The minimum atomic E-state index is -0.801. The second-order valence-corrected chi connectivity index (χ2v) is 2.48. The van der Waals surface area contributed by atoms with Crippen molar-refractivity contribution in [3.05, 3.63) is 0 Å². The van der Waals surface area contributed by atoms with Crippen LogP contribution >= 0.6 is 0 Å². The highest BCUT2D eigenvalue weighted by atomic mass is 19.1. The molecule has 2 nitrogen and oxygen atoms in total.